The van der Waals surface area contributed by atoms with E-state index >= 15 is 0 Å². The molecule has 2 aromatic heterocycles. The summed E-state index contributed by atoms with van der Waals surface area (Å²) in [6, 6.07) is 4.84. The number of rotatable bonds is 3. The van der Waals surface area contributed by atoms with Crippen LogP contribution in [-0.4, -0.2) is 21.2 Å². The van der Waals surface area contributed by atoms with Crippen molar-refractivity contribution >= 4 is 17.2 Å². The van der Waals surface area contributed by atoms with Crippen molar-refractivity contribution in [3.63, 3.8) is 0 Å². The maximum atomic E-state index is 11.9. The molecule has 1 amide bonds. The smallest absolute Gasteiger partial charge is 0.262 e. The van der Waals surface area contributed by atoms with Gasteiger partial charge < -0.3 is 14.9 Å². The van der Waals surface area contributed by atoms with Gasteiger partial charge in [0.05, 0.1) is 12.0 Å². The van der Waals surface area contributed by atoms with E-state index in [1.54, 1.807) is 37.5 Å². The highest BCUT2D eigenvalue weighted by molar-refractivity contribution is 6.24. The molecular formula is C12H11N3O3. The topological polar surface area (TPSA) is 88.2 Å². The highest BCUT2D eigenvalue weighted by Crippen LogP contribution is 2.17. The van der Waals surface area contributed by atoms with Crippen LogP contribution in [0.1, 0.15) is 11.5 Å². The number of pyridine rings is 1. The number of carbonyl (C=O) groups is 1. The first-order valence-corrected chi connectivity index (χ1v) is 5.20. The molecule has 18 heavy (non-hydrogen) atoms. The summed E-state index contributed by atoms with van der Waals surface area (Å²) in [5, 5.41) is 15.4. The highest BCUT2D eigenvalue weighted by atomic mass is 16.5. The van der Waals surface area contributed by atoms with Crippen molar-refractivity contribution in [2.75, 3.05) is 5.32 Å². The minimum Gasteiger partial charge on any atom is -0.515 e. The average molecular weight is 245 g/mol. The Bertz CT molecular complexity index is 575. The van der Waals surface area contributed by atoms with Gasteiger partial charge in [-0.05, 0) is 19.1 Å². The van der Waals surface area contributed by atoms with E-state index in [1.165, 1.54) is 0 Å². The van der Waals surface area contributed by atoms with E-state index in [0.717, 1.165) is 0 Å². The predicted molar refractivity (Wildman–Crippen MR) is 64.7 cm³/mol. The molecule has 2 heterocycles. The molecule has 0 aliphatic carbocycles. The molecule has 92 valence electrons. The van der Waals surface area contributed by atoms with Crippen LogP contribution in [-0.2, 0) is 4.79 Å². The van der Waals surface area contributed by atoms with E-state index in [1.807, 2.05) is 0 Å². The summed E-state index contributed by atoms with van der Waals surface area (Å²) in [4.78, 5) is 15.7. The Morgan fingerprint density at radius 2 is 2.17 bits per heavy atom. The van der Waals surface area contributed by atoms with Gasteiger partial charge in [0.1, 0.15) is 5.57 Å². The first-order valence-electron chi connectivity index (χ1n) is 5.20. The number of amides is 1. The van der Waals surface area contributed by atoms with E-state index in [4.69, 9.17) is 9.63 Å². The van der Waals surface area contributed by atoms with Gasteiger partial charge in [0.25, 0.3) is 5.91 Å². The lowest BCUT2D eigenvalue weighted by Crippen LogP contribution is -2.13. The SMILES string of the molecule is Cc1cc(/C(=C/O)C(=O)Nc2ccncc2)on1. The number of aliphatic hydroxyl groups is 1. The minimum atomic E-state index is -0.486. The van der Waals surface area contributed by atoms with Gasteiger partial charge in [-0.25, -0.2) is 0 Å². The van der Waals surface area contributed by atoms with Gasteiger partial charge in [-0.2, -0.15) is 0 Å². The largest absolute Gasteiger partial charge is 0.515 e. The third-order valence-electron chi connectivity index (χ3n) is 2.21. The van der Waals surface area contributed by atoms with Crippen molar-refractivity contribution in [3.05, 3.63) is 48.3 Å². The Balaban J connectivity index is 2.17. The number of anilines is 1. The summed E-state index contributed by atoms with van der Waals surface area (Å²) in [7, 11) is 0. The number of aromatic nitrogens is 2. The number of nitrogens with one attached hydrogen (secondary N) is 1. The summed E-state index contributed by atoms with van der Waals surface area (Å²) >= 11 is 0. The van der Waals surface area contributed by atoms with Crippen LogP contribution >= 0.6 is 0 Å². The van der Waals surface area contributed by atoms with E-state index in [-0.39, 0.29) is 11.3 Å². The van der Waals surface area contributed by atoms with Crippen LogP contribution in [0.2, 0.25) is 0 Å². The fraction of sp³-hybridized carbons (Fsp3) is 0.0833. The first kappa shape index (κ1) is 11.8. The highest BCUT2D eigenvalue weighted by Gasteiger charge is 2.16. The number of aliphatic hydroxyl groups excluding tert-OH is 1. The fourth-order valence-electron chi connectivity index (χ4n) is 1.36. The third kappa shape index (κ3) is 2.54. The molecule has 2 rings (SSSR count). The monoisotopic (exact) mass is 245 g/mol. The molecule has 0 spiro atoms. The van der Waals surface area contributed by atoms with Crippen LogP contribution in [0.5, 0.6) is 0 Å². The Labute approximate surface area is 103 Å². The van der Waals surface area contributed by atoms with E-state index in [0.29, 0.717) is 17.6 Å². The molecule has 0 saturated heterocycles. The van der Waals surface area contributed by atoms with Crippen LogP contribution in [0.25, 0.3) is 5.57 Å². The lowest BCUT2D eigenvalue weighted by atomic mass is 10.2. The van der Waals surface area contributed by atoms with Gasteiger partial charge in [-0.1, -0.05) is 5.16 Å². The quantitative estimate of drug-likeness (QED) is 0.637. The zero-order chi connectivity index (χ0) is 13.0. The summed E-state index contributed by atoms with van der Waals surface area (Å²) in [5.41, 5.74) is 1.21. The van der Waals surface area contributed by atoms with Crippen molar-refractivity contribution in [1.29, 1.82) is 0 Å². The molecule has 0 atom stereocenters. The van der Waals surface area contributed by atoms with Gasteiger partial charge in [-0.3, -0.25) is 9.78 Å². The van der Waals surface area contributed by atoms with Crippen LogP contribution in [0, 0.1) is 6.92 Å². The molecule has 0 aliphatic rings. The van der Waals surface area contributed by atoms with Gasteiger partial charge in [-0.15, -0.1) is 0 Å². The van der Waals surface area contributed by atoms with Crippen molar-refractivity contribution in [2.24, 2.45) is 0 Å². The number of hydrogen-bond donors (Lipinski definition) is 2. The summed E-state index contributed by atoms with van der Waals surface area (Å²) in [6.07, 6.45) is 3.80. The first-order chi connectivity index (χ1) is 8.70. The third-order valence-corrected chi connectivity index (χ3v) is 2.21. The number of aryl methyl sites for hydroxylation is 1. The summed E-state index contributed by atoms with van der Waals surface area (Å²) < 4.78 is 4.92. The number of nitrogens with zero attached hydrogens (tertiary/aromatic N) is 2. The fourth-order valence-corrected chi connectivity index (χ4v) is 1.36. The van der Waals surface area contributed by atoms with E-state index in [9.17, 15) is 4.79 Å². The van der Waals surface area contributed by atoms with E-state index in [2.05, 4.69) is 15.5 Å². The maximum absolute atomic E-state index is 11.9. The van der Waals surface area contributed by atoms with Gasteiger partial charge in [0, 0.05) is 24.1 Å². The lowest BCUT2D eigenvalue weighted by molar-refractivity contribution is -0.111. The number of carbonyl (C=O) groups excluding carboxylic acids is 1. The normalized spacial score (nSPS) is 11.3. The molecule has 0 aliphatic heterocycles. The van der Waals surface area contributed by atoms with Gasteiger partial charge >= 0.3 is 0 Å². The zero-order valence-corrected chi connectivity index (χ0v) is 9.62. The lowest BCUT2D eigenvalue weighted by Gasteiger charge is -2.04. The van der Waals surface area contributed by atoms with Crippen molar-refractivity contribution in [1.82, 2.24) is 10.1 Å². The Morgan fingerprint density at radius 1 is 1.44 bits per heavy atom. The standard InChI is InChI=1S/C12H11N3O3/c1-8-6-11(18-15-8)10(7-16)12(17)14-9-2-4-13-5-3-9/h2-7,16H,1H3,(H,13,14,17)/b10-7-. The second kappa shape index (κ2) is 5.13. The Hall–Kier alpha value is -2.63. The molecule has 0 radical (unpaired) electrons. The maximum Gasteiger partial charge on any atom is 0.262 e. The van der Waals surface area contributed by atoms with Crippen molar-refractivity contribution in [3.8, 4) is 0 Å². The average Bonchev–Trinajstić information content (AvgIpc) is 2.78. The van der Waals surface area contributed by atoms with Crippen LogP contribution in [0.3, 0.4) is 0 Å². The molecule has 2 aromatic rings. The summed E-state index contributed by atoms with van der Waals surface area (Å²) in [6.45, 7) is 1.72. The van der Waals surface area contributed by atoms with E-state index < -0.39 is 5.91 Å². The predicted octanol–water partition coefficient (Wildman–Crippen LogP) is 1.92. The molecule has 2 N–H and O–H groups in total. The summed E-state index contributed by atoms with van der Waals surface area (Å²) in [5.74, 6) is -0.276. The minimum absolute atomic E-state index is 0.00686. The number of hydrogen-bond acceptors (Lipinski definition) is 5. The Kier molecular flexibility index (Phi) is 3.38. The molecule has 0 bridgehead atoms. The molecule has 0 unspecified atom stereocenters. The van der Waals surface area contributed by atoms with Gasteiger partial charge in [0.15, 0.2) is 5.76 Å². The second-order valence-electron chi connectivity index (χ2n) is 3.57. The molecule has 0 saturated carbocycles. The van der Waals surface area contributed by atoms with Crippen LogP contribution in [0.15, 0.2) is 41.4 Å². The van der Waals surface area contributed by atoms with Crippen LogP contribution < -0.4 is 5.32 Å². The van der Waals surface area contributed by atoms with Crippen LogP contribution in [0.4, 0.5) is 5.69 Å². The van der Waals surface area contributed by atoms with Gasteiger partial charge in [0.2, 0.25) is 0 Å². The van der Waals surface area contributed by atoms with Crippen molar-refractivity contribution in [2.45, 2.75) is 6.92 Å². The Morgan fingerprint density at radius 3 is 2.72 bits per heavy atom. The zero-order valence-electron chi connectivity index (χ0n) is 9.62. The molecule has 0 fully saturated rings. The molecule has 0 aromatic carbocycles. The molecular weight excluding hydrogens is 234 g/mol. The second-order valence-corrected chi connectivity index (χ2v) is 3.57. The van der Waals surface area contributed by atoms with Crippen molar-refractivity contribution < 1.29 is 14.4 Å². The molecule has 6 nitrogen and oxygen atoms in total. The molecule has 6 heteroatoms.